The molecule has 1 amide bonds. The second-order valence-corrected chi connectivity index (χ2v) is 5.61. The molecule has 0 bridgehead atoms. The van der Waals surface area contributed by atoms with Crippen molar-refractivity contribution < 1.29 is 4.79 Å². The Kier molecular flexibility index (Phi) is 4.69. The van der Waals surface area contributed by atoms with Gasteiger partial charge in [-0.1, -0.05) is 47.0 Å². The van der Waals surface area contributed by atoms with Gasteiger partial charge in [-0.3, -0.25) is 4.79 Å². The van der Waals surface area contributed by atoms with Crippen LogP contribution in [0.5, 0.6) is 0 Å². The summed E-state index contributed by atoms with van der Waals surface area (Å²) < 4.78 is 0. The fourth-order valence-corrected chi connectivity index (χ4v) is 2.36. The highest BCUT2D eigenvalue weighted by molar-refractivity contribution is 6.35. The third-order valence-corrected chi connectivity index (χ3v) is 3.65. The molecular weight excluding hydrogens is 293 g/mol. The highest BCUT2D eigenvalue weighted by Gasteiger charge is 2.13. The standard InChI is InChI=1S/C16H15Cl2NO/c1-11-3-5-12(6-4-11)16(20)19(2)10-13-7-8-14(17)9-15(13)18/h3-9H,10H2,1-2H3. The number of hydrogen-bond donors (Lipinski definition) is 0. The van der Waals surface area contributed by atoms with Gasteiger partial charge in [-0.15, -0.1) is 0 Å². The van der Waals surface area contributed by atoms with Gasteiger partial charge in [0.25, 0.3) is 5.91 Å². The lowest BCUT2D eigenvalue weighted by Crippen LogP contribution is -2.26. The van der Waals surface area contributed by atoms with Gasteiger partial charge in [0.2, 0.25) is 0 Å². The van der Waals surface area contributed by atoms with E-state index in [-0.39, 0.29) is 5.91 Å². The number of hydrogen-bond acceptors (Lipinski definition) is 1. The van der Waals surface area contributed by atoms with Gasteiger partial charge in [0.05, 0.1) is 0 Å². The molecule has 0 saturated heterocycles. The quantitative estimate of drug-likeness (QED) is 0.813. The number of aryl methyl sites for hydroxylation is 1. The highest BCUT2D eigenvalue weighted by atomic mass is 35.5. The minimum absolute atomic E-state index is 0.0315. The Bertz CT molecular complexity index is 623. The van der Waals surface area contributed by atoms with Gasteiger partial charge in [-0.05, 0) is 36.8 Å². The Labute approximate surface area is 128 Å². The number of rotatable bonds is 3. The molecule has 0 heterocycles. The van der Waals surface area contributed by atoms with Crippen LogP contribution in [0.4, 0.5) is 0 Å². The van der Waals surface area contributed by atoms with Gasteiger partial charge in [-0.2, -0.15) is 0 Å². The smallest absolute Gasteiger partial charge is 0.253 e. The number of halogens is 2. The highest BCUT2D eigenvalue weighted by Crippen LogP contribution is 2.22. The van der Waals surface area contributed by atoms with Crippen LogP contribution in [0.1, 0.15) is 21.5 Å². The molecule has 0 radical (unpaired) electrons. The van der Waals surface area contributed by atoms with Gasteiger partial charge >= 0.3 is 0 Å². The predicted octanol–water partition coefficient (Wildman–Crippen LogP) is 4.57. The van der Waals surface area contributed by atoms with Crippen molar-refractivity contribution in [2.24, 2.45) is 0 Å². The lowest BCUT2D eigenvalue weighted by molar-refractivity contribution is 0.0785. The zero-order chi connectivity index (χ0) is 14.7. The molecule has 0 saturated carbocycles. The average molecular weight is 308 g/mol. The zero-order valence-corrected chi connectivity index (χ0v) is 12.9. The van der Waals surface area contributed by atoms with E-state index in [1.165, 1.54) is 0 Å². The number of nitrogens with zero attached hydrogens (tertiary/aromatic N) is 1. The molecule has 0 N–H and O–H groups in total. The molecule has 104 valence electrons. The first-order valence-corrected chi connectivity index (χ1v) is 6.99. The first kappa shape index (κ1) is 14.9. The summed E-state index contributed by atoms with van der Waals surface area (Å²) >= 11 is 12.0. The Morgan fingerprint density at radius 2 is 1.75 bits per heavy atom. The van der Waals surface area contributed by atoms with Gasteiger partial charge in [0, 0.05) is 29.2 Å². The predicted molar refractivity (Wildman–Crippen MR) is 83.4 cm³/mol. The first-order chi connectivity index (χ1) is 9.47. The molecule has 0 spiro atoms. The van der Waals surface area contributed by atoms with Crippen LogP contribution in [0.3, 0.4) is 0 Å². The molecule has 0 aromatic heterocycles. The number of amides is 1. The van der Waals surface area contributed by atoms with Gasteiger partial charge in [0.15, 0.2) is 0 Å². The Morgan fingerprint density at radius 3 is 2.35 bits per heavy atom. The summed E-state index contributed by atoms with van der Waals surface area (Å²) in [6.07, 6.45) is 0. The van der Waals surface area contributed by atoms with Crippen LogP contribution < -0.4 is 0 Å². The number of carbonyl (C=O) groups is 1. The molecule has 2 nitrogen and oxygen atoms in total. The number of carbonyl (C=O) groups excluding carboxylic acids is 1. The van der Waals surface area contributed by atoms with E-state index >= 15 is 0 Å². The van der Waals surface area contributed by atoms with Gasteiger partial charge in [-0.25, -0.2) is 0 Å². The fraction of sp³-hybridized carbons (Fsp3) is 0.188. The van der Waals surface area contributed by atoms with Crippen molar-refractivity contribution in [3.63, 3.8) is 0 Å². The Morgan fingerprint density at radius 1 is 1.10 bits per heavy atom. The van der Waals surface area contributed by atoms with Crippen LogP contribution >= 0.6 is 23.2 Å². The molecular formula is C16H15Cl2NO. The molecule has 20 heavy (non-hydrogen) atoms. The number of benzene rings is 2. The molecule has 4 heteroatoms. The van der Waals surface area contributed by atoms with Crippen molar-refractivity contribution in [2.75, 3.05) is 7.05 Å². The minimum Gasteiger partial charge on any atom is -0.337 e. The maximum Gasteiger partial charge on any atom is 0.253 e. The van der Waals surface area contributed by atoms with Crippen LogP contribution in [0.2, 0.25) is 10.0 Å². The van der Waals surface area contributed by atoms with Crippen LogP contribution in [0, 0.1) is 6.92 Å². The molecule has 0 unspecified atom stereocenters. The summed E-state index contributed by atoms with van der Waals surface area (Å²) in [5, 5.41) is 1.16. The van der Waals surface area contributed by atoms with Crippen molar-refractivity contribution in [2.45, 2.75) is 13.5 Å². The molecule has 0 fully saturated rings. The van der Waals surface area contributed by atoms with Crippen LogP contribution in [0.25, 0.3) is 0 Å². The molecule has 2 aromatic rings. The lowest BCUT2D eigenvalue weighted by Gasteiger charge is -2.18. The van der Waals surface area contributed by atoms with E-state index in [2.05, 4.69) is 0 Å². The summed E-state index contributed by atoms with van der Waals surface area (Å²) in [5.74, 6) is -0.0315. The Balaban J connectivity index is 2.13. The van der Waals surface area contributed by atoms with Gasteiger partial charge < -0.3 is 4.90 Å². The van der Waals surface area contributed by atoms with E-state index in [4.69, 9.17) is 23.2 Å². The Hall–Kier alpha value is -1.51. The zero-order valence-electron chi connectivity index (χ0n) is 11.4. The van der Waals surface area contributed by atoms with E-state index in [9.17, 15) is 4.79 Å². The summed E-state index contributed by atoms with van der Waals surface area (Å²) in [7, 11) is 1.76. The molecule has 0 atom stereocenters. The van der Waals surface area contributed by atoms with E-state index in [1.807, 2.05) is 37.3 Å². The third kappa shape index (κ3) is 3.53. The summed E-state index contributed by atoms with van der Waals surface area (Å²) in [6, 6.07) is 12.8. The van der Waals surface area contributed by atoms with E-state index in [0.717, 1.165) is 11.1 Å². The van der Waals surface area contributed by atoms with Crippen molar-refractivity contribution in [3.8, 4) is 0 Å². The van der Waals surface area contributed by atoms with Gasteiger partial charge in [0.1, 0.15) is 0 Å². The molecule has 0 aliphatic carbocycles. The summed E-state index contributed by atoms with van der Waals surface area (Å²) in [5.41, 5.74) is 2.67. The summed E-state index contributed by atoms with van der Waals surface area (Å²) in [6.45, 7) is 2.44. The SMILES string of the molecule is Cc1ccc(C(=O)N(C)Cc2ccc(Cl)cc2Cl)cc1. The lowest BCUT2D eigenvalue weighted by atomic mass is 10.1. The normalized spacial score (nSPS) is 10.4. The summed E-state index contributed by atoms with van der Waals surface area (Å²) in [4.78, 5) is 13.9. The third-order valence-electron chi connectivity index (χ3n) is 3.07. The topological polar surface area (TPSA) is 20.3 Å². The van der Waals surface area contributed by atoms with Crippen molar-refractivity contribution in [3.05, 3.63) is 69.2 Å². The second-order valence-electron chi connectivity index (χ2n) is 4.76. The minimum atomic E-state index is -0.0315. The van der Waals surface area contributed by atoms with Crippen molar-refractivity contribution >= 4 is 29.1 Å². The molecule has 2 aromatic carbocycles. The van der Waals surface area contributed by atoms with E-state index in [1.54, 1.807) is 24.1 Å². The first-order valence-electron chi connectivity index (χ1n) is 6.23. The molecule has 2 rings (SSSR count). The van der Waals surface area contributed by atoms with E-state index < -0.39 is 0 Å². The largest absolute Gasteiger partial charge is 0.337 e. The molecule has 0 aliphatic rings. The van der Waals surface area contributed by atoms with E-state index in [0.29, 0.717) is 22.2 Å². The maximum atomic E-state index is 12.3. The van der Waals surface area contributed by atoms with Crippen molar-refractivity contribution in [1.29, 1.82) is 0 Å². The van der Waals surface area contributed by atoms with Crippen LogP contribution in [0.15, 0.2) is 42.5 Å². The second kappa shape index (κ2) is 6.29. The monoisotopic (exact) mass is 307 g/mol. The maximum absolute atomic E-state index is 12.3. The van der Waals surface area contributed by atoms with Crippen LogP contribution in [-0.4, -0.2) is 17.9 Å². The van der Waals surface area contributed by atoms with Crippen LogP contribution in [-0.2, 0) is 6.54 Å². The van der Waals surface area contributed by atoms with Crippen molar-refractivity contribution in [1.82, 2.24) is 4.90 Å². The molecule has 0 aliphatic heterocycles. The average Bonchev–Trinajstić information content (AvgIpc) is 2.42. The fourth-order valence-electron chi connectivity index (χ4n) is 1.89.